The lowest BCUT2D eigenvalue weighted by Crippen LogP contribution is -2.23. The molecule has 3 rings (SSSR count). The molecule has 0 aliphatic rings. The average Bonchev–Trinajstić information content (AvgIpc) is 3.27. The van der Waals surface area contributed by atoms with Crippen LogP contribution in [0, 0.1) is 0 Å². The third-order valence-electron chi connectivity index (χ3n) is 4.12. The first-order valence-electron chi connectivity index (χ1n) is 8.90. The molecule has 0 saturated heterocycles. The molecular formula is C22H20N2O4. The number of anilines is 1. The smallest absolute Gasteiger partial charge is 0.291 e. The Morgan fingerprint density at radius 2 is 1.57 bits per heavy atom. The van der Waals surface area contributed by atoms with E-state index in [9.17, 15) is 14.4 Å². The van der Waals surface area contributed by atoms with Gasteiger partial charge in [0.15, 0.2) is 11.5 Å². The molecule has 0 saturated carbocycles. The Morgan fingerprint density at radius 3 is 2.25 bits per heavy atom. The van der Waals surface area contributed by atoms with Crippen LogP contribution >= 0.6 is 0 Å². The van der Waals surface area contributed by atoms with Crippen LogP contribution in [0.2, 0.25) is 0 Å². The highest BCUT2D eigenvalue weighted by Gasteiger charge is 2.10. The lowest BCUT2D eigenvalue weighted by atomic mass is 10.1. The standard InChI is InChI=1S/C22H20N2O4/c25-19(17-5-2-1-3-6-17)12-13-21(26)23-15-16-8-10-18(11-9-16)24-22(27)20-7-4-14-28-20/h1-11,14H,12-13,15H2,(H,23,26)(H,24,27). The predicted molar refractivity (Wildman–Crippen MR) is 105 cm³/mol. The van der Waals surface area contributed by atoms with Gasteiger partial charge in [0.1, 0.15) is 0 Å². The van der Waals surface area contributed by atoms with Crippen LogP contribution in [-0.2, 0) is 11.3 Å². The van der Waals surface area contributed by atoms with Gasteiger partial charge in [0.25, 0.3) is 5.91 Å². The van der Waals surface area contributed by atoms with Crippen LogP contribution in [0.1, 0.15) is 39.3 Å². The molecule has 2 amide bonds. The number of Topliss-reactive ketones (excluding diaryl/α,β-unsaturated/α-hetero) is 1. The molecule has 28 heavy (non-hydrogen) atoms. The van der Waals surface area contributed by atoms with Crippen LogP contribution in [-0.4, -0.2) is 17.6 Å². The van der Waals surface area contributed by atoms with Crippen LogP contribution in [0.15, 0.2) is 77.4 Å². The van der Waals surface area contributed by atoms with Gasteiger partial charge in [-0.05, 0) is 29.8 Å². The van der Waals surface area contributed by atoms with Gasteiger partial charge in [-0.25, -0.2) is 0 Å². The molecule has 0 atom stereocenters. The Labute approximate surface area is 162 Å². The van der Waals surface area contributed by atoms with Crippen molar-refractivity contribution in [2.75, 3.05) is 5.32 Å². The van der Waals surface area contributed by atoms with Crippen molar-refractivity contribution in [3.05, 3.63) is 89.9 Å². The highest BCUT2D eigenvalue weighted by atomic mass is 16.3. The van der Waals surface area contributed by atoms with E-state index in [4.69, 9.17) is 4.42 Å². The fourth-order valence-corrected chi connectivity index (χ4v) is 2.59. The maximum Gasteiger partial charge on any atom is 0.291 e. The molecule has 0 aliphatic heterocycles. The minimum atomic E-state index is -0.325. The topological polar surface area (TPSA) is 88.4 Å². The first-order valence-corrected chi connectivity index (χ1v) is 8.90. The molecule has 142 valence electrons. The van der Waals surface area contributed by atoms with E-state index in [0.29, 0.717) is 17.8 Å². The molecule has 0 bridgehead atoms. The zero-order valence-electron chi connectivity index (χ0n) is 15.2. The summed E-state index contributed by atoms with van der Waals surface area (Å²) < 4.78 is 5.04. The summed E-state index contributed by atoms with van der Waals surface area (Å²) in [4.78, 5) is 35.9. The summed E-state index contributed by atoms with van der Waals surface area (Å²) in [5.41, 5.74) is 2.13. The van der Waals surface area contributed by atoms with E-state index in [1.807, 2.05) is 18.2 Å². The van der Waals surface area contributed by atoms with Crippen molar-refractivity contribution in [2.45, 2.75) is 19.4 Å². The van der Waals surface area contributed by atoms with Crippen LogP contribution in [0.5, 0.6) is 0 Å². The molecule has 3 aromatic rings. The molecular weight excluding hydrogens is 356 g/mol. The van der Waals surface area contributed by atoms with Gasteiger partial charge in [-0.2, -0.15) is 0 Å². The molecule has 2 aromatic carbocycles. The van der Waals surface area contributed by atoms with E-state index in [-0.39, 0.29) is 36.2 Å². The van der Waals surface area contributed by atoms with Crippen LogP contribution in [0.25, 0.3) is 0 Å². The lowest BCUT2D eigenvalue weighted by Gasteiger charge is -2.07. The Bertz CT molecular complexity index is 932. The van der Waals surface area contributed by atoms with E-state index < -0.39 is 0 Å². The van der Waals surface area contributed by atoms with E-state index in [1.54, 1.807) is 48.5 Å². The molecule has 1 heterocycles. The average molecular weight is 376 g/mol. The molecule has 6 heteroatoms. The number of carbonyl (C=O) groups is 3. The van der Waals surface area contributed by atoms with E-state index in [2.05, 4.69) is 10.6 Å². The van der Waals surface area contributed by atoms with Crippen molar-refractivity contribution >= 4 is 23.3 Å². The SMILES string of the molecule is O=C(CCC(=O)c1ccccc1)NCc1ccc(NC(=O)c2ccco2)cc1. The number of hydrogen-bond donors (Lipinski definition) is 2. The fourth-order valence-electron chi connectivity index (χ4n) is 2.59. The number of benzene rings is 2. The van der Waals surface area contributed by atoms with Gasteiger partial charge in [0.2, 0.25) is 5.91 Å². The molecule has 1 aromatic heterocycles. The second-order valence-electron chi connectivity index (χ2n) is 6.19. The van der Waals surface area contributed by atoms with E-state index in [1.165, 1.54) is 6.26 Å². The zero-order valence-corrected chi connectivity index (χ0v) is 15.2. The Hall–Kier alpha value is -3.67. The van der Waals surface area contributed by atoms with Crippen molar-refractivity contribution in [3.63, 3.8) is 0 Å². The number of rotatable bonds is 8. The van der Waals surface area contributed by atoms with Crippen molar-refractivity contribution < 1.29 is 18.8 Å². The zero-order chi connectivity index (χ0) is 19.8. The maximum atomic E-state index is 12.0. The largest absolute Gasteiger partial charge is 0.459 e. The number of ketones is 1. The first-order chi connectivity index (χ1) is 13.6. The third kappa shape index (κ3) is 5.41. The van der Waals surface area contributed by atoms with Crippen molar-refractivity contribution in [3.8, 4) is 0 Å². The van der Waals surface area contributed by atoms with Gasteiger partial charge in [0.05, 0.1) is 6.26 Å². The third-order valence-corrected chi connectivity index (χ3v) is 4.12. The fraction of sp³-hybridized carbons (Fsp3) is 0.136. The molecule has 2 N–H and O–H groups in total. The number of hydrogen-bond acceptors (Lipinski definition) is 4. The minimum absolute atomic E-state index is 0.0487. The van der Waals surface area contributed by atoms with Gasteiger partial charge in [0, 0.05) is 30.6 Å². The number of amides is 2. The first kappa shape index (κ1) is 19.1. The minimum Gasteiger partial charge on any atom is -0.459 e. The molecule has 0 fully saturated rings. The second-order valence-corrected chi connectivity index (χ2v) is 6.19. The Kier molecular flexibility index (Phi) is 6.36. The highest BCUT2D eigenvalue weighted by molar-refractivity contribution is 6.02. The molecule has 0 spiro atoms. The van der Waals surface area contributed by atoms with E-state index in [0.717, 1.165) is 5.56 Å². The summed E-state index contributed by atoms with van der Waals surface area (Å²) in [7, 11) is 0. The number of carbonyl (C=O) groups excluding carboxylic acids is 3. The van der Waals surface area contributed by atoms with Gasteiger partial charge in [-0.3, -0.25) is 14.4 Å². The molecule has 0 aliphatic carbocycles. The summed E-state index contributed by atoms with van der Waals surface area (Å²) in [6.07, 6.45) is 1.76. The van der Waals surface area contributed by atoms with Crippen molar-refractivity contribution in [2.24, 2.45) is 0 Å². The van der Waals surface area contributed by atoms with Gasteiger partial charge in [-0.15, -0.1) is 0 Å². The van der Waals surface area contributed by atoms with Crippen LogP contribution in [0.3, 0.4) is 0 Å². The Morgan fingerprint density at radius 1 is 0.821 bits per heavy atom. The van der Waals surface area contributed by atoms with Crippen molar-refractivity contribution in [1.82, 2.24) is 5.32 Å². The quantitative estimate of drug-likeness (QED) is 0.585. The van der Waals surface area contributed by atoms with Gasteiger partial charge >= 0.3 is 0 Å². The van der Waals surface area contributed by atoms with Crippen LogP contribution < -0.4 is 10.6 Å². The monoisotopic (exact) mass is 376 g/mol. The predicted octanol–water partition coefficient (Wildman–Crippen LogP) is 3.81. The van der Waals surface area contributed by atoms with Crippen molar-refractivity contribution in [1.29, 1.82) is 0 Å². The summed E-state index contributed by atoms with van der Waals surface area (Å²) in [5, 5.41) is 5.52. The maximum absolute atomic E-state index is 12.0. The van der Waals surface area contributed by atoms with Crippen LogP contribution in [0.4, 0.5) is 5.69 Å². The lowest BCUT2D eigenvalue weighted by molar-refractivity contribution is -0.121. The molecule has 0 radical (unpaired) electrons. The van der Waals surface area contributed by atoms with Gasteiger partial charge in [-0.1, -0.05) is 42.5 Å². The number of nitrogens with one attached hydrogen (secondary N) is 2. The summed E-state index contributed by atoms with van der Waals surface area (Å²) in [5.74, 6) is -0.317. The molecule has 6 nitrogen and oxygen atoms in total. The summed E-state index contributed by atoms with van der Waals surface area (Å²) >= 11 is 0. The number of furan rings is 1. The van der Waals surface area contributed by atoms with E-state index >= 15 is 0 Å². The molecule has 0 unspecified atom stereocenters. The Balaban J connectivity index is 1.42. The summed E-state index contributed by atoms with van der Waals surface area (Å²) in [6, 6.07) is 19.3. The normalized spacial score (nSPS) is 10.3. The van der Waals surface area contributed by atoms with Gasteiger partial charge < -0.3 is 15.1 Å². The summed E-state index contributed by atoms with van der Waals surface area (Å²) in [6.45, 7) is 0.352. The second kappa shape index (κ2) is 9.32. The highest BCUT2D eigenvalue weighted by Crippen LogP contribution is 2.12.